The molecule has 5 rings (SSSR count). The van der Waals surface area contributed by atoms with Crippen LogP contribution in [0.4, 0.5) is 11.5 Å². The molecule has 0 N–H and O–H groups in total. The van der Waals surface area contributed by atoms with Crippen LogP contribution in [0.15, 0.2) is 59.5 Å². The minimum Gasteiger partial charge on any atom is -0.365 e. The Morgan fingerprint density at radius 3 is 2.89 bits per heavy atom. The molecule has 1 fully saturated rings. The number of pyridine rings is 1. The second-order valence-corrected chi connectivity index (χ2v) is 7.06. The molecule has 0 bridgehead atoms. The molecule has 28 heavy (non-hydrogen) atoms. The maximum absolute atomic E-state index is 13.1. The van der Waals surface area contributed by atoms with Gasteiger partial charge in [-0.3, -0.25) is 14.0 Å². The first-order valence-corrected chi connectivity index (χ1v) is 9.45. The largest absolute Gasteiger partial charge is 0.365 e. The minimum atomic E-state index is -0.573. The highest BCUT2D eigenvalue weighted by Crippen LogP contribution is 2.29. The SMILES string of the molecule is O=C(C1CN(c2cc(=O)n3ccccc3n2)CCO1)N1CCc2ccccc21. The van der Waals surface area contributed by atoms with E-state index in [0.29, 0.717) is 37.7 Å². The highest BCUT2D eigenvalue weighted by Gasteiger charge is 2.34. The molecule has 1 aromatic carbocycles. The van der Waals surface area contributed by atoms with Crippen LogP contribution < -0.4 is 15.4 Å². The summed E-state index contributed by atoms with van der Waals surface area (Å²) < 4.78 is 7.30. The van der Waals surface area contributed by atoms with Crippen LogP contribution in [-0.4, -0.2) is 47.6 Å². The lowest BCUT2D eigenvalue weighted by Gasteiger charge is -2.34. The lowest BCUT2D eigenvalue weighted by Crippen LogP contribution is -2.51. The number of rotatable bonds is 2. The Bertz CT molecular complexity index is 1110. The molecule has 4 heterocycles. The number of amides is 1. The third kappa shape index (κ3) is 2.84. The molecular weight excluding hydrogens is 356 g/mol. The van der Waals surface area contributed by atoms with Crippen LogP contribution in [0.25, 0.3) is 5.65 Å². The molecule has 2 aliphatic rings. The van der Waals surface area contributed by atoms with E-state index in [-0.39, 0.29) is 11.5 Å². The van der Waals surface area contributed by atoms with Gasteiger partial charge >= 0.3 is 0 Å². The number of ether oxygens (including phenoxy) is 1. The number of hydrogen-bond acceptors (Lipinski definition) is 5. The molecule has 142 valence electrons. The Labute approximate surface area is 161 Å². The fraction of sp³-hybridized carbons (Fsp3) is 0.286. The molecule has 7 nitrogen and oxygen atoms in total. The zero-order valence-electron chi connectivity index (χ0n) is 15.3. The molecule has 2 aromatic heterocycles. The summed E-state index contributed by atoms with van der Waals surface area (Å²) in [6, 6.07) is 14.9. The molecule has 0 spiro atoms. The van der Waals surface area contributed by atoms with E-state index < -0.39 is 6.10 Å². The van der Waals surface area contributed by atoms with Gasteiger partial charge in [-0.25, -0.2) is 4.98 Å². The van der Waals surface area contributed by atoms with Gasteiger partial charge in [0, 0.05) is 31.0 Å². The lowest BCUT2D eigenvalue weighted by molar-refractivity contribution is -0.130. The highest BCUT2D eigenvalue weighted by molar-refractivity contribution is 5.98. The van der Waals surface area contributed by atoms with Crippen molar-refractivity contribution in [2.75, 3.05) is 36.0 Å². The Morgan fingerprint density at radius 1 is 1.11 bits per heavy atom. The van der Waals surface area contributed by atoms with Crippen LogP contribution >= 0.6 is 0 Å². The molecule has 2 aliphatic heterocycles. The van der Waals surface area contributed by atoms with Gasteiger partial charge < -0.3 is 14.5 Å². The van der Waals surface area contributed by atoms with Gasteiger partial charge in [0.25, 0.3) is 11.5 Å². The monoisotopic (exact) mass is 376 g/mol. The summed E-state index contributed by atoms with van der Waals surface area (Å²) in [5, 5.41) is 0. The number of hydrogen-bond donors (Lipinski definition) is 0. The van der Waals surface area contributed by atoms with Gasteiger partial charge in [0.15, 0.2) is 6.10 Å². The molecule has 0 radical (unpaired) electrons. The van der Waals surface area contributed by atoms with Crippen LogP contribution in [0.1, 0.15) is 5.56 Å². The molecule has 3 aromatic rings. The number of carbonyl (C=O) groups excluding carboxylic acids is 1. The fourth-order valence-electron chi connectivity index (χ4n) is 3.95. The van der Waals surface area contributed by atoms with Crippen molar-refractivity contribution < 1.29 is 9.53 Å². The average molecular weight is 376 g/mol. The summed E-state index contributed by atoms with van der Waals surface area (Å²) in [6.07, 6.45) is 1.99. The van der Waals surface area contributed by atoms with Gasteiger partial charge in [0.2, 0.25) is 0 Å². The summed E-state index contributed by atoms with van der Waals surface area (Å²) in [6.45, 7) is 2.07. The van der Waals surface area contributed by atoms with Crippen molar-refractivity contribution >= 4 is 23.1 Å². The summed E-state index contributed by atoms with van der Waals surface area (Å²) in [5.41, 5.74) is 2.61. The predicted octanol–water partition coefficient (Wildman–Crippen LogP) is 1.49. The van der Waals surface area contributed by atoms with E-state index in [1.54, 1.807) is 18.3 Å². The molecule has 1 atom stereocenters. The standard InChI is InChI=1S/C21H20N4O3/c26-20-13-19(22-18-7-3-4-9-25(18)20)23-11-12-28-17(14-23)21(27)24-10-8-15-5-1-2-6-16(15)24/h1-7,9,13,17H,8,10-12,14H2. The molecule has 1 saturated heterocycles. The van der Waals surface area contributed by atoms with Gasteiger partial charge in [0.05, 0.1) is 13.2 Å². The quantitative estimate of drug-likeness (QED) is 0.678. The first-order chi connectivity index (χ1) is 13.7. The topological polar surface area (TPSA) is 67.2 Å². The molecule has 0 saturated carbocycles. The number of para-hydroxylation sites is 1. The Morgan fingerprint density at radius 2 is 1.96 bits per heavy atom. The van der Waals surface area contributed by atoms with Gasteiger partial charge in [-0.05, 0) is 30.2 Å². The van der Waals surface area contributed by atoms with Crippen molar-refractivity contribution in [2.45, 2.75) is 12.5 Å². The minimum absolute atomic E-state index is 0.0350. The summed E-state index contributed by atoms with van der Waals surface area (Å²) in [4.78, 5) is 33.9. The van der Waals surface area contributed by atoms with Gasteiger partial charge in [-0.15, -0.1) is 0 Å². The Kier molecular flexibility index (Phi) is 4.09. The maximum atomic E-state index is 13.1. The van der Waals surface area contributed by atoms with E-state index >= 15 is 0 Å². The Hall–Kier alpha value is -3.19. The molecule has 7 heteroatoms. The summed E-state index contributed by atoms with van der Waals surface area (Å²) in [7, 11) is 0. The number of morpholine rings is 1. The van der Waals surface area contributed by atoms with Crippen molar-refractivity contribution in [1.29, 1.82) is 0 Å². The normalized spacial score (nSPS) is 19.1. The number of benzene rings is 1. The predicted molar refractivity (Wildman–Crippen MR) is 106 cm³/mol. The maximum Gasteiger partial charge on any atom is 0.259 e. The van der Waals surface area contributed by atoms with Crippen LogP contribution in [0, 0.1) is 0 Å². The van der Waals surface area contributed by atoms with Crippen LogP contribution in [-0.2, 0) is 16.0 Å². The lowest BCUT2D eigenvalue weighted by atomic mass is 10.2. The number of aromatic nitrogens is 2. The molecule has 1 amide bonds. The number of fused-ring (bicyclic) bond motifs is 2. The third-order valence-electron chi connectivity index (χ3n) is 5.38. The zero-order valence-corrected chi connectivity index (χ0v) is 15.3. The first-order valence-electron chi connectivity index (χ1n) is 9.45. The van der Waals surface area contributed by atoms with Crippen LogP contribution in [0.5, 0.6) is 0 Å². The van der Waals surface area contributed by atoms with Crippen LogP contribution in [0.2, 0.25) is 0 Å². The number of nitrogens with zero attached hydrogens (tertiary/aromatic N) is 4. The van der Waals surface area contributed by atoms with Crippen LogP contribution in [0.3, 0.4) is 0 Å². The average Bonchev–Trinajstić information content (AvgIpc) is 3.17. The van der Waals surface area contributed by atoms with E-state index in [4.69, 9.17) is 4.74 Å². The zero-order chi connectivity index (χ0) is 19.1. The summed E-state index contributed by atoms with van der Waals surface area (Å²) in [5.74, 6) is 0.547. The third-order valence-corrected chi connectivity index (χ3v) is 5.38. The van der Waals surface area contributed by atoms with E-state index in [9.17, 15) is 9.59 Å². The van der Waals surface area contributed by atoms with E-state index in [0.717, 1.165) is 12.1 Å². The van der Waals surface area contributed by atoms with Crippen molar-refractivity contribution in [2.24, 2.45) is 0 Å². The van der Waals surface area contributed by atoms with Gasteiger partial charge in [-0.1, -0.05) is 24.3 Å². The van der Waals surface area contributed by atoms with Crippen molar-refractivity contribution in [3.05, 3.63) is 70.6 Å². The van der Waals surface area contributed by atoms with E-state index in [1.807, 2.05) is 34.1 Å². The molecule has 0 aliphatic carbocycles. The van der Waals surface area contributed by atoms with Crippen molar-refractivity contribution in [3.63, 3.8) is 0 Å². The number of anilines is 2. The van der Waals surface area contributed by atoms with E-state index in [2.05, 4.69) is 11.1 Å². The molecular formula is C21H20N4O3. The second kappa shape index (κ2) is 6.76. The highest BCUT2D eigenvalue weighted by atomic mass is 16.5. The Balaban J connectivity index is 1.40. The smallest absolute Gasteiger partial charge is 0.259 e. The fourth-order valence-corrected chi connectivity index (χ4v) is 3.95. The molecule has 1 unspecified atom stereocenters. The van der Waals surface area contributed by atoms with Crippen molar-refractivity contribution in [3.8, 4) is 0 Å². The van der Waals surface area contributed by atoms with Gasteiger partial charge in [0.1, 0.15) is 11.5 Å². The number of carbonyl (C=O) groups is 1. The van der Waals surface area contributed by atoms with E-state index in [1.165, 1.54) is 16.0 Å². The van der Waals surface area contributed by atoms with Crippen molar-refractivity contribution in [1.82, 2.24) is 9.38 Å². The second-order valence-electron chi connectivity index (χ2n) is 7.06. The first kappa shape index (κ1) is 16.9. The summed E-state index contributed by atoms with van der Waals surface area (Å²) >= 11 is 0. The van der Waals surface area contributed by atoms with Gasteiger partial charge in [-0.2, -0.15) is 0 Å².